The summed E-state index contributed by atoms with van der Waals surface area (Å²) in [5, 5.41) is 10.0. The number of hydroxylamine groups is 2. The van der Waals surface area contributed by atoms with Gasteiger partial charge in [-0.15, -0.1) is 0 Å². The van der Waals surface area contributed by atoms with Gasteiger partial charge >= 0.3 is 0 Å². The average molecular weight is 189 g/mol. The lowest BCUT2D eigenvalue weighted by molar-refractivity contribution is -0.156. The zero-order valence-electron chi connectivity index (χ0n) is 7.63. The van der Waals surface area contributed by atoms with Crippen molar-refractivity contribution >= 4 is 6.41 Å². The number of benzene rings is 1. The molecule has 0 bridgehead atoms. The van der Waals surface area contributed by atoms with E-state index in [1.54, 1.807) is 0 Å². The molecule has 1 unspecified atom stereocenters. The molecule has 1 aromatic carbocycles. The Hall–Kier alpha value is -1.61. The van der Waals surface area contributed by atoms with Gasteiger partial charge in [0.2, 0.25) is 6.41 Å². The number of carbonyl (C=O) groups is 1. The van der Waals surface area contributed by atoms with Gasteiger partial charge in [-0.2, -0.15) is 0 Å². The van der Waals surface area contributed by atoms with E-state index in [9.17, 15) is 10.0 Å². The van der Waals surface area contributed by atoms with Gasteiger partial charge in [-0.25, -0.2) is 5.06 Å². The SMILES string of the molecule is O=CN(O)C1C=CCc2ccccc21. The average Bonchev–Trinajstić information content (AvgIpc) is 2.27. The molecule has 1 aromatic rings. The number of fused-ring (bicyclic) bond motifs is 1. The van der Waals surface area contributed by atoms with Crippen LogP contribution in [0.5, 0.6) is 0 Å². The standard InChI is InChI=1S/C11H11NO2/c13-8-12(14)11-7-3-5-9-4-1-2-6-10(9)11/h1-4,6-8,11,14H,5H2. The van der Waals surface area contributed by atoms with Gasteiger partial charge in [0.15, 0.2) is 0 Å². The first-order valence-electron chi connectivity index (χ1n) is 4.50. The Bertz CT molecular complexity index is 373. The minimum absolute atomic E-state index is 0.336. The van der Waals surface area contributed by atoms with Crippen LogP contribution in [0.1, 0.15) is 17.2 Å². The summed E-state index contributed by atoms with van der Waals surface area (Å²) in [7, 11) is 0. The normalized spacial score (nSPS) is 18.8. The summed E-state index contributed by atoms with van der Waals surface area (Å²) in [4.78, 5) is 10.5. The van der Waals surface area contributed by atoms with E-state index >= 15 is 0 Å². The van der Waals surface area contributed by atoms with Crippen molar-refractivity contribution in [1.82, 2.24) is 5.06 Å². The third kappa shape index (κ3) is 1.42. The van der Waals surface area contributed by atoms with Gasteiger partial charge in [0.25, 0.3) is 0 Å². The highest BCUT2D eigenvalue weighted by Crippen LogP contribution is 2.27. The summed E-state index contributed by atoms with van der Waals surface area (Å²) >= 11 is 0. The van der Waals surface area contributed by atoms with Gasteiger partial charge in [-0.05, 0) is 17.5 Å². The third-order valence-electron chi connectivity index (χ3n) is 2.42. The first-order valence-corrected chi connectivity index (χ1v) is 4.50. The van der Waals surface area contributed by atoms with Gasteiger partial charge in [0.05, 0.1) is 0 Å². The van der Waals surface area contributed by atoms with E-state index < -0.39 is 0 Å². The van der Waals surface area contributed by atoms with Crippen LogP contribution in [0.25, 0.3) is 0 Å². The van der Waals surface area contributed by atoms with Crippen LogP contribution in [-0.4, -0.2) is 16.7 Å². The summed E-state index contributed by atoms with van der Waals surface area (Å²) in [5.74, 6) is 0. The Morgan fingerprint density at radius 1 is 1.43 bits per heavy atom. The molecule has 1 aliphatic carbocycles. The van der Waals surface area contributed by atoms with E-state index in [1.807, 2.05) is 36.4 Å². The topological polar surface area (TPSA) is 40.5 Å². The van der Waals surface area contributed by atoms with Crippen LogP contribution in [0.2, 0.25) is 0 Å². The molecule has 72 valence electrons. The van der Waals surface area contributed by atoms with E-state index in [0.29, 0.717) is 11.5 Å². The van der Waals surface area contributed by atoms with Crippen LogP contribution in [0.4, 0.5) is 0 Å². The molecule has 0 saturated heterocycles. The second-order valence-corrected chi connectivity index (χ2v) is 3.26. The molecule has 2 rings (SSSR count). The lowest BCUT2D eigenvalue weighted by atomic mass is 9.93. The molecule has 0 aliphatic heterocycles. The molecule has 1 N–H and O–H groups in total. The van der Waals surface area contributed by atoms with Crippen molar-refractivity contribution in [2.45, 2.75) is 12.5 Å². The van der Waals surface area contributed by atoms with Crippen LogP contribution >= 0.6 is 0 Å². The zero-order valence-corrected chi connectivity index (χ0v) is 7.63. The summed E-state index contributed by atoms with van der Waals surface area (Å²) in [6, 6.07) is 7.46. The Balaban J connectivity index is 2.40. The molecule has 1 aliphatic rings. The molecular weight excluding hydrogens is 178 g/mol. The maximum absolute atomic E-state index is 10.5. The van der Waals surface area contributed by atoms with Crippen LogP contribution in [0.15, 0.2) is 36.4 Å². The van der Waals surface area contributed by atoms with E-state index in [-0.39, 0.29) is 6.04 Å². The minimum Gasteiger partial charge on any atom is -0.285 e. The molecule has 3 nitrogen and oxygen atoms in total. The molecular formula is C11H11NO2. The molecule has 0 heterocycles. The molecule has 0 saturated carbocycles. The Kier molecular flexibility index (Phi) is 2.33. The maximum Gasteiger partial charge on any atom is 0.234 e. The minimum atomic E-state index is -0.336. The van der Waals surface area contributed by atoms with E-state index in [2.05, 4.69) is 0 Å². The fourth-order valence-electron chi connectivity index (χ4n) is 1.73. The monoisotopic (exact) mass is 189 g/mol. The summed E-state index contributed by atoms with van der Waals surface area (Å²) in [6.07, 6.45) is 5.08. The molecule has 1 amide bonds. The Labute approximate surface area is 82.2 Å². The van der Waals surface area contributed by atoms with Crippen LogP contribution in [0, 0.1) is 0 Å². The van der Waals surface area contributed by atoms with E-state index in [1.165, 1.54) is 0 Å². The molecule has 0 spiro atoms. The predicted octanol–water partition coefficient (Wildman–Crippen LogP) is 1.69. The number of nitrogens with zero attached hydrogens (tertiary/aromatic N) is 1. The molecule has 14 heavy (non-hydrogen) atoms. The smallest absolute Gasteiger partial charge is 0.234 e. The van der Waals surface area contributed by atoms with Crippen molar-refractivity contribution in [2.24, 2.45) is 0 Å². The first-order chi connectivity index (χ1) is 6.83. The molecule has 0 fully saturated rings. The molecule has 1 atom stereocenters. The van der Waals surface area contributed by atoms with Crippen molar-refractivity contribution in [1.29, 1.82) is 0 Å². The van der Waals surface area contributed by atoms with E-state index in [4.69, 9.17) is 0 Å². The molecule has 0 radical (unpaired) electrons. The van der Waals surface area contributed by atoms with Crippen LogP contribution < -0.4 is 0 Å². The van der Waals surface area contributed by atoms with Gasteiger partial charge in [-0.1, -0.05) is 36.4 Å². The molecule has 0 aromatic heterocycles. The fourth-order valence-corrected chi connectivity index (χ4v) is 1.73. The highest BCUT2D eigenvalue weighted by molar-refractivity contribution is 5.49. The summed E-state index contributed by atoms with van der Waals surface area (Å²) in [5.41, 5.74) is 2.14. The number of hydrogen-bond acceptors (Lipinski definition) is 2. The lowest BCUT2D eigenvalue weighted by Crippen LogP contribution is -2.24. The molecule has 3 heteroatoms. The van der Waals surface area contributed by atoms with Crippen molar-refractivity contribution in [2.75, 3.05) is 0 Å². The summed E-state index contributed by atoms with van der Waals surface area (Å²) < 4.78 is 0. The second-order valence-electron chi connectivity index (χ2n) is 3.26. The number of rotatable bonds is 2. The first kappa shape index (κ1) is 8.97. The maximum atomic E-state index is 10.5. The highest BCUT2D eigenvalue weighted by Gasteiger charge is 2.19. The number of carbonyl (C=O) groups excluding carboxylic acids is 1. The largest absolute Gasteiger partial charge is 0.285 e. The van der Waals surface area contributed by atoms with E-state index in [0.717, 1.165) is 17.5 Å². The highest BCUT2D eigenvalue weighted by atomic mass is 16.5. The van der Waals surface area contributed by atoms with Crippen LogP contribution in [-0.2, 0) is 11.2 Å². The van der Waals surface area contributed by atoms with Gasteiger partial charge in [0, 0.05) is 0 Å². The second kappa shape index (κ2) is 3.64. The Morgan fingerprint density at radius 2 is 2.21 bits per heavy atom. The fraction of sp³-hybridized carbons (Fsp3) is 0.182. The van der Waals surface area contributed by atoms with Crippen molar-refractivity contribution in [3.05, 3.63) is 47.5 Å². The Morgan fingerprint density at radius 3 is 3.00 bits per heavy atom. The lowest BCUT2D eigenvalue weighted by Gasteiger charge is -2.24. The number of amides is 1. The summed E-state index contributed by atoms with van der Waals surface area (Å²) in [6.45, 7) is 0. The number of hydrogen-bond donors (Lipinski definition) is 1. The zero-order chi connectivity index (χ0) is 9.97. The van der Waals surface area contributed by atoms with Crippen molar-refractivity contribution < 1.29 is 10.0 Å². The van der Waals surface area contributed by atoms with Gasteiger partial charge in [0.1, 0.15) is 6.04 Å². The predicted molar refractivity (Wildman–Crippen MR) is 51.7 cm³/mol. The quantitative estimate of drug-likeness (QED) is 0.333. The van der Waals surface area contributed by atoms with Crippen molar-refractivity contribution in [3.8, 4) is 0 Å². The van der Waals surface area contributed by atoms with Crippen molar-refractivity contribution in [3.63, 3.8) is 0 Å². The third-order valence-corrected chi connectivity index (χ3v) is 2.42. The van der Waals surface area contributed by atoms with Gasteiger partial charge in [-0.3, -0.25) is 10.0 Å². The number of allylic oxidation sites excluding steroid dienone is 1. The van der Waals surface area contributed by atoms with Gasteiger partial charge < -0.3 is 0 Å². The van der Waals surface area contributed by atoms with Crippen LogP contribution in [0.3, 0.4) is 0 Å².